The Balaban J connectivity index is 1.66. The summed E-state index contributed by atoms with van der Waals surface area (Å²) in [5, 5.41) is 8.17. The highest BCUT2D eigenvalue weighted by Crippen LogP contribution is 2.25. The molecular weight excluding hydrogens is 346 g/mol. The van der Waals surface area contributed by atoms with Crippen molar-refractivity contribution in [1.29, 1.82) is 0 Å². The fourth-order valence-corrected chi connectivity index (χ4v) is 3.14. The number of nitrogens with one attached hydrogen (secondary N) is 1. The van der Waals surface area contributed by atoms with E-state index >= 15 is 0 Å². The van der Waals surface area contributed by atoms with E-state index in [1.54, 1.807) is 4.52 Å². The van der Waals surface area contributed by atoms with Crippen LogP contribution in [0.15, 0.2) is 60.7 Å². The summed E-state index contributed by atoms with van der Waals surface area (Å²) in [4.78, 5) is 9.20. The lowest BCUT2D eigenvalue weighted by atomic mass is 9.87. The minimum absolute atomic E-state index is 0.123. The smallest absolute Gasteiger partial charge is 0.254 e. The normalized spacial score (nSPS) is 11.7. The fraction of sp³-hybridized carbons (Fsp3) is 0.261. The van der Waals surface area contributed by atoms with Gasteiger partial charge in [0.1, 0.15) is 5.82 Å². The molecule has 2 aromatic heterocycles. The van der Waals surface area contributed by atoms with Gasteiger partial charge in [-0.1, -0.05) is 75.4 Å². The molecule has 142 valence electrons. The van der Waals surface area contributed by atoms with Crippen molar-refractivity contribution in [2.45, 2.75) is 39.7 Å². The summed E-state index contributed by atoms with van der Waals surface area (Å²) in [5.74, 6) is 2.17. The van der Waals surface area contributed by atoms with Crippen molar-refractivity contribution in [2.24, 2.45) is 0 Å². The molecule has 0 radical (unpaired) electrons. The molecule has 5 nitrogen and oxygen atoms in total. The first-order valence-corrected chi connectivity index (χ1v) is 9.53. The van der Waals surface area contributed by atoms with Crippen molar-refractivity contribution < 1.29 is 0 Å². The average Bonchev–Trinajstić information content (AvgIpc) is 3.10. The highest BCUT2D eigenvalue weighted by molar-refractivity contribution is 5.59. The standard InChI is InChI=1S/C23H25N5/c1-16-14-20(24-15-17-8-6-5-7-9-17)28-22(25-16)26-21(27-28)18-10-12-19(13-11-18)23(2,3)4/h5-14,24H,15H2,1-4H3. The fourth-order valence-electron chi connectivity index (χ4n) is 3.14. The quantitative estimate of drug-likeness (QED) is 0.548. The molecule has 1 N–H and O–H groups in total. The third kappa shape index (κ3) is 3.74. The number of hydrogen-bond donors (Lipinski definition) is 1. The van der Waals surface area contributed by atoms with Crippen LogP contribution in [-0.4, -0.2) is 19.6 Å². The Hall–Kier alpha value is -3.21. The van der Waals surface area contributed by atoms with Gasteiger partial charge in [-0.25, -0.2) is 4.98 Å². The number of fused-ring (bicyclic) bond motifs is 1. The molecule has 0 aliphatic heterocycles. The van der Waals surface area contributed by atoms with Crippen LogP contribution in [0.1, 0.15) is 37.6 Å². The van der Waals surface area contributed by atoms with Crippen LogP contribution < -0.4 is 5.32 Å². The molecule has 2 heterocycles. The van der Waals surface area contributed by atoms with Gasteiger partial charge in [-0.05, 0) is 23.5 Å². The zero-order valence-electron chi connectivity index (χ0n) is 16.8. The van der Waals surface area contributed by atoms with Gasteiger partial charge < -0.3 is 5.32 Å². The van der Waals surface area contributed by atoms with Gasteiger partial charge in [0, 0.05) is 23.9 Å². The predicted octanol–water partition coefficient (Wildman–Crippen LogP) is 5.01. The molecule has 4 aromatic rings. The lowest BCUT2D eigenvalue weighted by Crippen LogP contribution is -2.10. The van der Waals surface area contributed by atoms with E-state index in [2.05, 4.69) is 72.5 Å². The molecule has 5 heteroatoms. The van der Waals surface area contributed by atoms with Crippen LogP contribution in [0, 0.1) is 6.92 Å². The van der Waals surface area contributed by atoms with Crippen molar-refractivity contribution in [1.82, 2.24) is 19.6 Å². The van der Waals surface area contributed by atoms with Crippen LogP contribution in [-0.2, 0) is 12.0 Å². The van der Waals surface area contributed by atoms with E-state index in [-0.39, 0.29) is 5.41 Å². The molecule has 28 heavy (non-hydrogen) atoms. The van der Waals surface area contributed by atoms with E-state index in [0.717, 1.165) is 23.6 Å². The second kappa shape index (κ2) is 7.08. The van der Waals surface area contributed by atoms with E-state index < -0.39 is 0 Å². The minimum atomic E-state index is 0.123. The van der Waals surface area contributed by atoms with Crippen LogP contribution in [0.4, 0.5) is 5.82 Å². The molecule has 0 saturated carbocycles. The van der Waals surface area contributed by atoms with Crippen molar-refractivity contribution in [3.05, 3.63) is 77.5 Å². The maximum absolute atomic E-state index is 4.71. The zero-order valence-corrected chi connectivity index (χ0v) is 16.8. The van der Waals surface area contributed by atoms with Gasteiger partial charge in [0.15, 0.2) is 5.82 Å². The summed E-state index contributed by atoms with van der Waals surface area (Å²) in [6, 6.07) is 20.8. The van der Waals surface area contributed by atoms with Gasteiger partial charge in [0.25, 0.3) is 5.78 Å². The summed E-state index contributed by atoms with van der Waals surface area (Å²) >= 11 is 0. The Kier molecular flexibility index (Phi) is 4.59. The Morgan fingerprint density at radius 3 is 2.32 bits per heavy atom. The third-order valence-electron chi connectivity index (χ3n) is 4.77. The first kappa shape index (κ1) is 18.2. The van der Waals surface area contributed by atoms with Crippen LogP contribution in [0.3, 0.4) is 0 Å². The number of nitrogens with zero attached hydrogens (tertiary/aromatic N) is 4. The molecule has 4 rings (SSSR count). The van der Waals surface area contributed by atoms with Gasteiger partial charge in [-0.3, -0.25) is 0 Å². The summed E-state index contributed by atoms with van der Waals surface area (Å²) in [6.45, 7) is 9.32. The number of benzene rings is 2. The number of anilines is 1. The van der Waals surface area contributed by atoms with Gasteiger partial charge in [-0.2, -0.15) is 9.50 Å². The Labute approximate surface area is 165 Å². The average molecular weight is 371 g/mol. The second-order valence-electron chi connectivity index (χ2n) is 8.10. The Morgan fingerprint density at radius 2 is 1.64 bits per heavy atom. The lowest BCUT2D eigenvalue weighted by molar-refractivity contribution is 0.590. The Bertz CT molecular complexity index is 1090. The van der Waals surface area contributed by atoms with E-state index in [1.165, 1.54) is 11.1 Å². The summed E-state index contributed by atoms with van der Waals surface area (Å²) < 4.78 is 1.78. The molecule has 2 aromatic carbocycles. The van der Waals surface area contributed by atoms with Crippen molar-refractivity contribution in [3.63, 3.8) is 0 Å². The summed E-state index contributed by atoms with van der Waals surface area (Å²) in [7, 11) is 0. The van der Waals surface area contributed by atoms with E-state index in [0.29, 0.717) is 11.6 Å². The highest BCUT2D eigenvalue weighted by Gasteiger charge is 2.15. The second-order valence-corrected chi connectivity index (χ2v) is 8.10. The predicted molar refractivity (Wildman–Crippen MR) is 113 cm³/mol. The number of hydrogen-bond acceptors (Lipinski definition) is 4. The van der Waals surface area contributed by atoms with Crippen molar-refractivity contribution in [2.75, 3.05) is 5.32 Å². The molecule has 0 aliphatic carbocycles. The largest absolute Gasteiger partial charge is 0.366 e. The zero-order chi connectivity index (χ0) is 19.7. The molecular formula is C23H25N5. The van der Waals surface area contributed by atoms with Gasteiger partial charge in [-0.15, -0.1) is 5.10 Å². The van der Waals surface area contributed by atoms with Crippen molar-refractivity contribution >= 4 is 11.6 Å². The van der Waals surface area contributed by atoms with Gasteiger partial charge >= 0.3 is 0 Å². The maximum atomic E-state index is 4.71. The molecule has 0 aliphatic rings. The highest BCUT2D eigenvalue weighted by atomic mass is 15.4. The van der Waals surface area contributed by atoms with E-state index in [1.807, 2.05) is 31.2 Å². The SMILES string of the molecule is Cc1cc(NCc2ccccc2)n2nc(-c3ccc(C(C)(C)C)cc3)nc2n1. The van der Waals surface area contributed by atoms with Crippen LogP contribution in [0.2, 0.25) is 0 Å². The van der Waals surface area contributed by atoms with Crippen LogP contribution >= 0.6 is 0 Å². The molecule has 0 unspecified atom stereocenters. The third-order valence-corrected chi connectivity index (χ3v) is 4.77. The van der Waals surface area contributed by atoms with Gasteiger partial charge in [0.2, 0.25) is 0 Å². The lowest BCUT2D eigenvalue weighted by Gasteiger charge is -2.18. The van der Waals surface area contributed by atoms with E-state index in [4.69, 9.17) is 5.10 Å². The first-order valence-electron chi connectivity index (χ1n) is 9.53. The molecule has 0 saturated heterocycles. The topological polar surface area (TPSA) is 55.1 Å². The summed E-state index contributed by atoms with van der Waals surface area (Å²) in [6.07, 6.45) is 0. The Morgan fingerprint density at radius 1 is 0.929 bits per heavy atom. The number of aromatic nitrogens is 4. The van der Waals surface area contributed by atoms with Crippen molar-refractivity contribution in [3.8, 4) is 11.4 Å². The van der Waals surface area contributed by atoms with Gasteiger partial charge in [0.05, 0.1) is 0 Å². The molecule has 0 atom stereocenters. The molecule has 0 fully saturated rings. The van der Waals surface area contributed by atoms with Crippen LogP contribution in [0.5, 0.6) is 0 Å². The maximum Gasteiger partial charge on any atom is 0.254 e. The number of aryl methyl sites for hydroxylation is 1. The molecule has 0 spiro atoms. The van der Waals surface area contributed by atoms with E-state index in [9.17, 15) is 0 Å². The summed E-state index contributed by atoms with van der Waals surface area (Å²) in [5.41, 5.74) is 4.52. The monoisotopic (exact) mass is 371 g/mol. The van der Waals surface area contributed by atoms with Crippen LogP contribution in [0.25, 0.3) is 17.2 Å². The first-order chi connectivity index (χ1) is 13.4. The minimum Gasteiger partial charge on any atom is -0.366 e. The molecule has 0 bridgehead atoms. The number of rotatable bonds is 4. The molecule has 0 amide bonds.